The van der Waals surface area contributed by atoms with Gasteiger partial charge in [0.15, 0.2) is 0 Å². The van der Waals surface area contributed by atoms with E-state index in [4.69, 9.17) is 4.74 Å². The fourth-order valence-corrected chi connectivity index (χ4v) is 7.10. The van der Waals surface area contributed by atoms with E-state index in [1.165, 1.54) is 97.0 Å². The average molecular weight is 433 g/mol. The van der Waals surface area contributed by atoms with E-state index in [1.54, 1.807) is 6.92 Å². The summed E-state index contributed by atoms with van der Waals surface area (Å²) in [5, 5.41) is 0. The molecule has 3 fully saturated rings. The number of carbonyl (C=O) groups is 2. The van der Waals surface area contributed by atoms with Crippen molar-refractivity contribution in [1.82, 2.24) is 0 Å². The normalized spacial score (nSPS) is 36.9. The molecular weight excluding hydrogens is 384 g/mol. The Bertz CT molecular complexity index is 569. The largest absolute Gasteiger partial charge is 0.468 e. The summed E-state index contributed by atoms with van der Waals surface area (Å²) in [4.78, 5) is 24.8. The van der Waals surface area contributed by atoms with Crippen molar-refractivity contribution in [2.45, 2.75) is 123 Å². The van der Waals surface area contributed by atoms with Crippen molar-refractivity contribution in [2.75, 3.05) is 7.11 Å². The molecular formula is C28H48O3. The minimum Gasteiger partial charge on any atom is -0.468 e. The lowest BCUT2D eigenvalue weighted by Crippen LogP contribution is -2.43. The van der Waals surface area contributed by atoms with Crippen molar-refractivity contribution in [1.29, 1.82) is 0 Å². The van der Waals surface area contributed by atoms with Crippen LogP contribution in [0.15, 0.2) is 0 Å². The highest BCUT2D eigenvalue weighted by molar-refractivity contribution is 6.03. The number of unbranched alkanes of at least 4 members (excludes halogenated alkanes) is 4. The monoisotopic (exact) mass is 432 g/mol. The molecule has 0 aromatic heterocycles. The molecule has 0 saturated heterocycles. The van der Waals surface area contributed by atoms with Crippen LogP contribution in [0.2, 0.25) is 0 Å². The summed E-state index contributed by atoms with van der Waals surface area (Å²) in [6.07, 6.45) is 22.1. The second kappa shape index (κ2) is 11.8. The van der Waals surface area contributed by atoms with Gasteiger partial charge in [0.2, 0.25) is 0 Å². The molecule has 3 saturated carbocycles. The van der Waals surface area contributed by atoms with Crippen LogP contribution in [-0.4, -0.2) is 18.9 Å². The van der Waals surface area contributed by atoms with Gasteiger partial charge < -0.3 is 4.74 Å². The molecule has 0 bridgehead atoms. The predicted octanol–water partition coefficient (Wildman–Crippen LogP) is 7.51. The third kappa shape index (κ3) is 6.35. The zero-order valence-corrected chi connectivity index (χ0v) is 20.6. The Morgan fingerprint density at radius 1 is 0.839 bits per heavy atom. The van der Waals surface area contributed by atoms with Gasteiger partial charge in [-0.2, -0.15) is 0 Å². The van der Waals surface area contributed by atoms with Crippen LogP contribution < -0.4 is 0 Å². The van der Waals surface area contributed by atoms with Crippen LogP contribution in [0, 0.1) is 35.0 Å². The number of rotatable bonds is 9. The van der Waals surface area contributed by atoms with Gasteiger partial charge in [-0.1, -0.05) is 58.3 Å². The molecule has 0 aromatic rings. The summed E-state index contributed by atoms with van der Waals surface area (Å²) in [5.74, 6) is 3.87. The standard InChI is InChI=1S/C28H48O3/c1-4-5-6-7-8-9-21-10-12-22(13-11-21)23-14-16-24(17-15-23)25-18-19-28(2,26(29)20-25)27(30)31-3/h21-25H,4-20H2,1-3H3/t21-,22-,23?,24?,25-,28+/m1/s1. The molecule has 3 aliphatic rings. The van der Waals surface area contributed by atoms with Gasteiger partial charge in [0, 0.05) is 6.42 Å². The lowest BCUT2D eigenvalue weighted by Gasteiger charge is -2.42. The van der Waals surface area contributed by atoms with E-state index < -0.39 is 5.41 Å². The minimum atomic E-state index is -0.892. The topological polar surface area (TPSA) is 43.4 Å². The molecule has 178 valence electrons. The SMILES string of the molecule is CCCCCCC[C@H]1CC[C@H](C2CCC([C@@H]3CC[C@](C)(C(=O)OC)C(=O)C3)CC2)CC1. The van der Waals surface area contributed by atoms with Crippen molar-refractivity contribution < 1.29 is 14.3 Å². The second-order valence-corrected chi connectivity index (χ2v) is 11.4. The number of carbonyl (C=O) groups excluding carboxylic acids is 2. The van der Waals surface area contributed by atoms with Crippen LogP contribution in [-0.2, 0) is 14.3 Å². The summed E-state index contributed by atoms with van der Waals surface area (Å²) in [7, 11) is 1.40. The van der Waals surface area contributed by atoms with Crippen molar-refractivity contribution in [3.05, 3.63) is 0 Å². The van der Waals surface area contributed by atoms with Gasteiger partial charge in [-0.05, 0) is 87.9 Å². The maximum absolute atomic E-state index is 12.7. The number of hydrogen-bond donors (Lipinski definition) is 0. The first kappa shape index (κ1) is 24.8. The molecule has 0 spiro atoms. The van der Waals surface area contributed by atoms with Gasteiger partial charge in [0.05, 0.1) is 7.11 Å². The fourth-order valence-electron chi connectivity index (χ4n) is 7.10. The summed E-state index contributed by atoms with van der Waals surface area (Å²) in [6.45, 7) is 4.08. The molecule has 3 rings (SSSR count). The van der Waals surface area contributed by atoms with E-state index >= 15 is 0 Å². The van der Waals surface area contributed by atoms with Crippen LogP contribution in [0.4, 0.5) is 0 Å². The number of ether oxygens (including phenoxy) is 1. The Morgan fingerprint density at radius 3 is 1.94 bits per heavy atom. The summed E-state index contributed by atoms with van der Waals surface area (Å²) in [5.41, 5.74) is -0.892. The highest BCUT2D eigenvalue weighted by atomic mass is 16.5. The Kier molecular flexibility index (Phi) is 9.47. The van der Waals surface area contributed by atoms with Gasteiger partial charge in [-0.25, -0.2) is 0 Å². The number of methoxy groups -OCH3 is 1. The molecule has 0 amide bonds. The van der Waals surface area contributed by atoms with Crippen molar-refractivity contribution in [2.24, 2.45) is 35.0 Å². The van der Waals surface area contributed by atoms with Gasteiger partial charge >= 0.3 is 5.97 Å². The molecule has 31 heavy (non-hydrogen) atoms. The first-order chi connectivity index (χ1) is 15.0. The number of hydrogen-bond acceptors (Lipinski definition) is 3. The van der Waals surface area contributed by atoms with Gasteiger partial charge in [0.25, 0.3) is 0 Å². The molecule has 0 heterocycles. The number of ketones is 1. The Hall–Kier alpha value is -0.860. The van der Waals surface area contributed by atoms with Crippen molar-refractivity contribution in [3.63, 3.8) is 0 Å². The number of Topliss-reactive ketones (excluding diaryl/α,β-unsaturated/α-hetero) is 1. The van der Waals surface area contributed by atoms with Gasteiger partial charge in [0.1, 0.15) is 11.2 Å². The third-order valence-electron chi connectivity index (χ3n) is 9.47. The van der Waals surface area contributed by atoms with E-state index in [9.17, 15) is 9.59 Å². The zero-order valence-electron chi connectivity index (χ0n) is 20.6. The average Bonchev–Trinajstić information content (AvgIpc) is 2.81. The van der Waals surface area contributed by atoms with E-state index in [0.717, 1.165) is 24.2 Å². The Balaban J connectivity index is 1.35. The van der Waals surface area contributed by atoms with Crippen LogP contribution in [0.1, 0.15) is 123 Å². The molecule has 3 nitrogen and oxygen atoms in total. The maximum Gasteiger partial charge on any atom is 0.319 e. The molecule has 0 aliphatic heterocycles. The minimum absolute atomic E-state index is 0.116. The quantitative estimate of drug-likeness (QED) is 0.215. The third-order valence-corrected chi connectivity index (χ3v) is 9.47. The highest BCUT2D eigenvalue weighted by Crippen LogP contribution is 2.47. The molecule has 3 aliphatic carbocycles. The van der Waals surface area contributed by atoms with Gasteiger partial charge in [-0.15, -0.1) is 0 Å². The number of esters is 1. The highest BCUT2D eigenvalue weighted by Gasteiger charge is 2.47. The molecule has 0 unspecified atom stereocenters. The molecule has 0 radical (unpaired) electrons. The molecule has 3 heteroatoms. The Labute approximate surface area is 191 Å². The van der Waals surface area contributed by atoms with Crippen LogP contribution >= 0.6 is 0 Å². The summed E-state index contributed by atoms with van der Waals surface area (Å²) in [6, 6.07) is 0. The van der Waals surface area contributed by atoms with Crippen LogP contribution in [0.3, 0.4) is 0 Å². The maximum atomic E-state index is 12.7. The fraction of sp³-hybridized carbons (Fsp3) is 0.929. The molecule has 0 N–H and O–H groups in total. The molecule has 2 atom stereocenters. The predicted molar refractivity (Wildman–Crippen MR) is 127 cm³/mol. The first-order valence-corrected chi connectivity index (χ1v) is 13.6. The lowest BCUT2D eigenvalue weighted by molar-refractivity contribution is -0.160. The van der Waals surface area contributed by atoms with Crippen LogP contribution in [0.25, 0.3) is 0 Å². The zero-order chi connectivity index (χ0) is 22.3. The Morgan fingerprint density at radius 2 is 1.39 bits per heavy atom. The van der Waals surface area contributed by atoms with E-state index in [0.29, 0.717) is 24.7 Å². The lowest BCUT2D eigenvalue weighted by atomic mass is 9.62. The van der Waals surface area contributed by atoms with E-state index in [-0.39, 0.29) is 11.8 Å². The van der Waals surface area contributed by atoms with Gasteiger partial charge in [-0.3, -0.25) is 9.59 Å². The van der Waals surface area contributed by atoms with Crippen molar-refractivity contribution in [3.8, 4) is 0 Å². The van der Waals surface area contributed by atoms with Crippen molar-refractivity contribution >= 4 is 11.8 Å². The van der Waals surface area contributed by atoms with Crippen LogP contribution in [0.5, 0.6) is 0 Å². The molecule has 0 aromatic carbocycles. The van der Waals surface area contributed by atoms with E-state index in [2.05, 4.69) is 6.92 Å². The van der Waals surface area contributed by atoms with E-state index in [1.807, 2.05) is 0 Å². The summed E-state index contributed by atoms with van der Waals surface area (Å²) < 4.78 is 4.91. The second-order valence-electron chi connectivity index (χ2n) is 11.4. The first-order valence-electron chi connectivity index (χ1n) is 13.6. The smallest absolute Gasteiger partial charge is 0.319 e. The summed E-state index contributed by atoms with van der Waals surface area (Å²) >= 11 is 0.